The molecule has 9 heteroatoms. The second-order valence-corrected chi connectivity index (χ2v) is 10.8. The van der Waals surface area contributed by atoms with Crippen molar-refractivity contribution < 1.29 is 27.5 Å². The summed E-state index contributed by atoms with van der Waals surface area (Å²) in [6, 6.07) is 30.3. The van der Waals surface area contributed by atoms with Crippen LogP contribution in [0.2, 0.25) is 0 Å². The fourth-order valence-electron chi connectivity index (χ4n) is 6.01. The van der Waals surface area contributed by atoms with Gasteiger partial charge in [0.2, 0.25) is 5.91 Å². The first kappa shape index (κ1) is 29.6. The maximum Gasteiger partial charge on any atom is 0.416 e. The van der Waals surface area contributed by atoms with Crippen molar-refractivity contribution in [1.82, 2.24) is 4.98 Å². The fraction of sp³-hybridized carbons (Fsp3) is 0.139. The Hall–Kier alpha value is -5.44. The van der Waals surface area contributed by atoms with E-state index in [2.05, 4.69) is 10.3 Å². The second-order valence-electron chi connectivity index (χ2n) is 10.8. The SMILES string of the molecule is NC(=O)C1(CCCOc2ccc(NC(=O)c3ccccc3-c3ccc(C(F)(F)F)cc3)nc2)c2ccccc2-c2ccccc21. The highest BCUT2D eigenvalue weighted by Gasteiger charge is 2.47. The van der Waals surface area contributed by atoms with Crippen molar-refractivity contribution in [3.8, 4) is 28.0 Å². The monoisotopic (exact) mass is 607 g/mol. The van der Waals surface area contributed by atoms with Crippen LogP contribution in [0.4, 0.5) is 19.0 Å². The molecule has 3 N–H and O–H groups in total. The van der Waals surface area contributed by atoms with E-state index in [1.807, 2.05) is 48.5 Å². The average Bonchev–Trinajstić information content (AvgIpc) is 3.34. The van der Waals surface area contributed by atoms with Crippen molar-refractivity contribution in [2.24, 2.45) is 5.73 Å². The number of fused-ring (bicyclic) bond motifs is 3. The summed E-state index contributed by atoms with van der Waals surface area (Å²) in [5, 5.41) is 2.73. The van der Waals surface area contributed by atoms with Crippen LogP contribution in [0.5, 0.6) is 5.75 Å². The number of pyridine rings is 1. The lowest BCUT2D eigenvalue weighted by Gasteiger charge is -2.28. The van der Waals surface area contributed by atoms with Gasteiger partial charge in [-0.1, -0.05) is 78.9 Å². The van der Waals surface area contributed by atoms with Crippen LogP contribution in [0.15, 0.2) is 115 Å². The molecular weight excluding hydrogens is 579 g/mol. The van der Waals surface area contributed by atoms with E-state index in [1.54, 1.807) is 36.4 Å². The molecular formula is C36H28F3N3O3. The van der Waals surface area contributed by atoms with E-state index in [9.17, 15) is 22.8 Å². The minimum Gasteiger partial charge on any atom is -0.492 e. The number of nitrogens with two attached hydrogens (primary N) is 1. The van der Waals surface area contributed by atoms with Gasteiger partial charge in [-0.2, -0.15) is 13.2 Å². The van der Waals surface area contributed by atoms with E-state index >= 15 is 0 Å². The van der Waals surface area contributed by atoms with Crippen LogP contribution in [0.25, 0.3) is 22.3 Å². The average molecular weight is 608 g/mol. The van der Waals surface area contributed by atoms with E-state index < -0.39 is 29.0 Å². The zero-order valence-corrected chi connectivity index (χ0v) is 24.0. The van der Waals surface area contributed by atoms with Gasteiger partial charge in [0.15, 0.2) is 0 Å². The number of hydrogen-bond donors (Lipinski definition) is 2. The minimum absolute atomic E-state index is 0.279. The number of rotatable bonds is 9. The molecule has 0 bridgehead atoms. The molecule has 4 aromatic carbocycles. The summed E-state index contributed by atoms with van der Waals surface area (Å²) >= 11 is 0. The lowest BCUT2D eigenvalue weighted by atomic mass is 9.74. The summed E-state index contributed by atoms with van der Waals surface area (Å²) in [5.74, 6) is -0.0953. The zero-order valence-electron chi connectivity index (χ0n) is 24.0. The molecule has 0 saturated heterocycles. The van der Waals surface area contributed by atoms with E-state index in [0.717, 1.165) is 34.4 Å². The van der Waals surface area contributed by atoms with Gasteiger partial charge in [0.25, 0.3) is 5.91 Å². The number of carbonyl (C=O) groups excluding carboxylic acids is 2. The number of nitrogens with one attached hydrogen (secondary N) is 1. The van der Waals surface area contributed by atoms with E-state index in [4.69, 9.17) is 10.5 Å². The molecule has 0 aliphatic heterocycles. The quantitative estimate of drug-likeness (QED) is 0.169. The third-order valence-corrected chi connectivity index (χ3v) is 8.12. The van der Waals surface area contributed by atoms with Crippen LogP contribution in [0.3, 0.4) is 0 Å². The van der Waals surface area contributed by atoms with Gasteiger partial charge in [0.1, 0.15) is 11.6 Å². The van der Waals surface area contributed by atoms with Gasteiger partial charge >= 0.3 is 6.18 Å². The Morgan fingerprint density at radius 3 is 1.96 bits per heavy atom. The van der Waals surface area contributed by atoms with Crippen LogP contribution < -0.4 is 15.8 Å². The normalized spacial score (nSPS) is 13.0. The molecule has 6 nitrogen and oxygen atoms in total. The second kappa shape index (κ2) is 11.9. The van der Waals surface area contributed by atoms with E-state index in [0.29, 0.717) is 36.3 Å². The first-order valence-corrected chi connectivity index (χ1v) is 14.3. The standard InChI is InChI=1S/C36H28F3N3O3/c37-36(38,39)24-16-14-23(15-17-24)26-8-1-2-11-29(26)33(43)42-32-19-18-25(22-41-32)45-21-7-20-35(34(40)44)30-12-5-3-9-27(30)28-10-4-6-13-31(28)35/h1-6,8-19,22H,7,20-21H2,(H2,40,44)(H,41,42,43). The number of halogens is 3. The number of ether oxygens (including phenoxy) is 1. The maximum atomic E-state index is 13.1. The summed E-state index contributed by atoms with van der Waals surface area (Å²) < 4.78 is 44.9. The molecule has 5 aromatic rings. The fourth-order valence-corrected chi connectivity index (χ4v) is 6.01. The largest absolute Gasteiger partial charge is 0.492 e. The van der Waals surface area contributed by atoms with Crippen molar-refractivity contribution in [3.63, 3.8) is 0 Å². The number of amides is 2. The molecule has 0 atom stereocenters. The predicted molar refractivity (Wildman–Crippen MR) is 166 cm³/mol. The number of benzene rings is 4. The number of aromatic nitrogens is 1. The summed E-state index contributed by atoms with van der Waals surface area (Å²) in [7, 11) is 0. The zero-order chi connectivity index (χ0) is 31.6. The number of hydrogen-bond acceptors (Lipinski definition) is 4. The molecule has 0 radical (unpaired) electrons. The van der Waals surface area contributed by atoms with Gasteiger partial charge < -0.3 is 15.8 Å². The topological polar surface area (TPSA) is 94.3 Å². The van der Waals surface area contributed by atoms with Crippen molar-refractivity contribution >= 4 is 17.6 Å². The first-order chi connectivity index (χ1) is 21.7. The molecule has 0 unspecified atom stereocenters. The highest BCUT2D eigenvalue weighted by Crippen LogP contribution is 2.51. The molecule has 1 heterocycles. The number of primary amides is 1. The van der Waals surface area contributed by atoms with Crippen LogP contribution >= 0.6 is 0 Å². The highest BCUT2D eigenvalue weighted by atomic mass is 19.4. The summed E-state index contributed by atoms with van der Waals surface area (Å²) in [5.41, 5.74) is 9.43. The van der Waals surface area contributed by atoms with Crippen LogP contribution in [0.1, 0.15) is 39.9 Å². The summed E-state index contributed by atoms with van der Waals surface area (Å²) in [4.78, 5) is 30.4. The molecule has 2 amide bonds. The summed E-state index contributed by atoms with van der Waals surface area (Å²) in [6.07, 6.45) is -1.94. The third kappa shape index (κ3) is 5.64. The number of nitrogens with zero attached hydrogens (tertiary/aromatic N) is 1. The third-order valence-electron chi connectivity index (χ3n) is 8.12. The van der Waals surface area contributed by atoms with Gasteiger partial charge in [-0.05, 0) is 76.6 Å². The Bertz CT molecular complexity index is 1820. The van der Waals surface area contributed by atoms with Crippen molar-refractivity contribution in [3.05, 3.63) is 138 Å². The van der Waals surface area contributed by atoms with Crippen LogP contribution in [0, 0.1) is 0 Å². The van der Waals surface area contributed by atoms with Gasteiger partial charge in [-0.25, -0.2) is 4.98 Å². The number of alkyl halides is 3. The Kier molecular flexibility index (Phi) is 7.85. The van der Waals surface area contributed by atoms with Crippen molar-refractivity contribution in [2.45, 2.75) is 24.4 Å². The van der Waals surface area contributed by atoms with E-state index in [-0.39, 0.29) is 11.4 Å². The highest BCUT2D eigenvalue weighted by molar-refractivity contribution is 6.08. The number of anilines is 1. The minimum atomic E-state index is -4.45. The van der Waals surface area contributed by atoms with Crippen LogP contribution in [-0.4, -0.2) is 23.4 Å². The molecule has 45 heavy (non-hydrogen) atoms. The Labute approximate surface area is 257 Å². The van der Waals surface area contributed by atoms with Crippen molar-refractivity contribution in [1.29, 1.82) is 0 Å². The Morgan fingerprint density at radius 1 is 0.778 bits per heavy atom. The van der Waals surface area contributed by atoms with Gasteiger partial charge in [-0.3, -0.25) is 9.59 Å². The lowest BCUT2D eigenvalue weighted by Crippen LogP contribution is -2.41. The summed E-state index contributed by atoms with van der Waals surface area (Å²) in [6.45, 7) is 0.313. The molecule has 226 valence electrons. The Morgan fingerprint density at radius 2 is 1.38 bits per heavy atom. The molecule has 6 rings (SSSR count). The van der Waals surface area contributed by atoms with Crippen LogP contribution in [-0.2, 0) is 16.4 Å². The molecule has 0 fully saturated rings. The molecule has 1 aromatic heterocycles. The van der Waals surface area contributed by atoms with Gasteiger partial charge in [0, 0.05) is 5.56 Å². The lowest BCUT2D eigenvalue weighted by molar-refractivity contribution is -0.137. The van der Waals surface area contributed by atoms with Crippen molar-refractivity contribution in [2.75, 3.05) is 11.9 Å². The molecule has 1 aliphatic rings. The molecule has 1 aliphatic carbocycles. The van der Waals surface area contributed by atoms with E-state index in [1.165, 1.54) is 18.3 Å². The Balaban J connectivity index is 1.10. The number of carbonyl (C=O) groups is 2. The molecule has 0 saturated carbocycles. The van der Waals surface area contributed by atoms with Gasteiger partial charge in [0.05, 0.1) is 23.8 Å². The predicted octanol–water partition coefficient (Wildman–Crippen LogP) is 7.63. The van der Waals surface area contributed by atoms with Gasteiger partial charge in [-0.15, -0.1) is 0 Å². The smallest absolute Gasteiger partial charge is 0.416 e. The maximum absolute atomic E-state index is 13.1. The molecule has 0 spiro atoms. The first-order valence-electron chi connectivity index (χ1n) is 14.3.